The monoisotopic (exact) mass is 168 g/mol. The van der Waals surface area contributed by atoms with Crippen molar-refractivity contribution in [3.63, 3.8) is 0 Å². The number of nitrogens with zero attached hydrogens (tertiary/aromatic N) is 1. The van der Waals surface area contributed by atoms with Crippen molar-refractivity contribution in [1.82, 2.24) is 4.90 Å². The van der Waals surface area contributed by atoms with Crippen LogP contribution in [0.5, 0.6) is 0 Å². The summed E-state index contributed by atoms with van der Waals surface area (Å²) in [6.07, 6.45) is 3.45. The molecule has 1 heterocycles. The largest absolute Gasteiger partial charge is 0.360 e. The van der Waals surface area contributed by atoms with E-state index in [1.807, 2.05) is 0 Å². The first-order valence-corrected chi connectivity index (χ1v) is 4.81. The third kappa shape index (κ3) is 2.84. The molecule has 0 saturated carbocycles. The van der Waals surface area contributed by atoms with Crippen LogP contribution in [0.4, 0.5) is 0 Å². The van der Waals surface area contributed by atoms with Gasteiger partial charge in [0, 0.05) is 19.5 Å². The summed E-state index contributed by atoms with van der Waals surface area (Å²) in [6, 6.07) is 0. The average Bonchev–Trinajstić information content (AvgIpc) is 1.91. The van der Waals surface area contributed by atoms with E-state index >= 15 is 0 Å². The maximum atomic E-state index is 7.75. The van der Waals surface area contributed by atoms with Crippen LogP contribution in [0.2, 0.25) is 0 Å². The third-order valence-corrected chi connectivity index (χ3v) is 2.14. The quantitative estimate of drug-likeness (QED) is 0.640. The first-order chi connectivity index (χ1) is 5.49. The Labute approximate surface area is 75.5 Å². The highest BCUT2D eigenvalue weighted by atomic mass is 15.2. The van der Waals surface area contributed by atoms with Gasteiger partial charge in [-0.2, -0.15) is 0 Å². The van der Waals surface area contributed by atoms with Crippen LogP contribution in [-0.2, 0) is 0 Å². The normalized spacial score (nSPS) is 19.9. The molecule has 0 atom stereocenters. The number of piperidine rings is 1. The van der Waals surface area contributed by atoms with Crippen LogP contribution in [-0.4, -0.2) is 23.8 Å². The van der Waals surface area contributed by atoms with Crippen LogP contribution in [0.25, 0.3) is 0 Å². The Morgan fingerprint density at radius 1 is 1.33 bits per heavy atom. The zero-order valence-corrected chi connectivity index (χ0v) is 8.48. The lowest BCUT2D eigenvalue weighted by atomic mass is 9.94. The number of nitrogens with one attached hydrogen (secondary N) is 1. The lowest BCUT2D eigenvalue weighted by molar-refractivity contribution is 0.255. The molecule has 70 valence electrons. The van der Waals surface area contributed by atoms with Crippen molar-refractivity contribution in [2.45, 2.75) is 40.0 Å². The summed E-state index contributed by atoms with van der Waals surface area (Å²) < 4.78 is 0. The van der Waals surface area contributed by atoms with E-state index in [1.54, 1.807) is 0 Å². The van der Waals surface area contributed by atoms with Crippen molar-refractivity contribution in [2.24, 2.45) is 5.41 Å². The molecule has 1 N–H and O–H groups in total. The van der Waals surface area contributed by atoms with Gasteiger partial charge in [0.2, 0.25) is 0 Å². The van der Waals surface area contributed by atoms with E-state index in [-0.39, 0.29) is 0 Å². The molecule has 1 rings (SSSR count). The minimum atomic E-state index is 0.323. The van der Waals surface area contributed by atoms with Crippen molar-refractivity contribution < 1.29 is 0 Å². The predicted octanol–water partition coefficient (Wildman–Crippen LogP) is 2.50. The molecule has 12 heavy (non-hydrogen) atoms. The molecule has 1 fully saturated rings. The molecule has 2 heteroatoms. The van der Waals surface area contributed by atoms with E-state index in [9.17, 15) is 0 Å². The zero-order chi connectivity index (χ0) is 9.19. The molecular formula is C10H20N2. The van der Waals surface area contributed by atoms with E-state index in [1.165, 1.54) is 12.8 Å². The Hall–Kier alpha value is -0.530. The lowest BCUT2D eigenvalue weighted by Crippen LogP contribution is -2.40. The average molecular weight is 168 g/mol. The van der Waals surface area contributed by atoms with E-state index in [0.717, 1.165) is 25.3 Å². The number of hydrogen-bond donors (Lipinski definition) is 1. The van der Waals surface area contributed by atoms with Gasteiger partial charge in [-0.3, -0.25) is 5.41 Å². The highest BCUT2D eigenvalue weighted by Gasteiger charge is 2.20. The Bertz CT molecular complexity index is 167. The zero-order valence-electron chi connectivity index (χ0n) is 8.48. The van der Waals surface area contributed by atoms with Gasteiger partial charge < -0.3 is 4.90 Å². The van der Waals surface area contributed by atoms with Crippen LogP contribution in [0, 0.1) is 10.8 Å². The van der Waals surface area contributed by atoms with Crippen molar-refractivity contribution in [3.8, 4) is 0 Å². The molecule has 0 spiro atoms. The molecule has 1 aliphatic heterocycles. The van der Waals surface area contributed by atoms with Crippen molar-refractivity contribution in [1.29, 1.82) is 5.41 Å². The van der Waals surface area contributed by atoms with Crippen molar-refractivity contribution in [3.05, 3.63) is 0 Å². The maximum Gasteiger partial charge on any atom is 0.0957 e. The SMILES string of the molecule is CC(C)(C)CN1CCCCC1=N. The first-order valence-electron chi connectivity index (χ1n) is 4.81. The maximum absolute atomic E-state index is 7.75. The van der Waals surface area contributed by atoms with Crippen LogP contribution < -0.4 is 0 Å². The molecule has 0 unspecified atom stereocenters. The Balaban J connectivity index is 2.45. The molecule has 1 aliphatic rings. The molecule has 0 aliphatic carbocycles. The topological polar surface area (TPSA) is 27.1 Å². The third-order valence-electron chi connectivity index (χ3n) is 2.14. The predicted molar refractivity (Wildman–Crippen MR) is 52.6 cm³/mol. The van der Waals surface area contributed by atoms with E-state index in [2.05, 4.69) is 25.7 Å². The number of likely N-dealkylation sites (tertiary alicyclic amines) is 1. The second kappa shape index (κ2) is 3.46. The van der Waals surface area contributed by atoms with E-state index in [0.29, 0.717) is 5.41 Å². The van der Waals surface area contributed by atoms with E-state index in [4.69, 9.17) is 5.41 Å². The molecular weight excluding hydrogens is 148 g/mol. The van der Waals surface area contributed by atoms with Crippen LogP contribution >= 0.6 is 0 Å². The van der Waals surface area contributed by atoms with Crippen LogP contribution in [0.15, 0.2) is 0 Å². The minimum absolute atomic E-state index is 0.323. The summed E-state index contributed by atoms with van der Waals surface area (Å²) in [5.41, 5.74) is 0.323. The van der Waals surface area contributed by atoms with Gasteiger partial charge in [-0.1, -0.05) is 20.8 Å². The molecule has 0 aromatic rings. The summed E-state index contributed by atoms with van der Waals surface area (Å²) in [5, 5.41) is 7.75. The summed E-state index contributed by atoms with van der Waals surface area (Å²) >= 11 is 0. The number of amidine groups is 1. The Kier molecular flexibility index (Phi) is 2.76. The molecule has 2 nitrogen and oxygen atoms in total. The van der Waals surface area contributed by atoms with E-state index < -0.39 is 0 Å². The smallest absolute Gasteiger partial charge is 0.0957 e. The summed E-state index contributed by atoms with van der Waals surface area (Å²) in [5.74, 6) is 0.844. The molecule has 1 saturated heterocycles. The Morgan fingerprint density at radius 3 is 2.50 bits per heavy atom. The van der Waals surface area contributed by atoms with Gasteiger partial charge in [0.1, 0.15) is 0 Å². The Morgan fingerprint density at radius 2 is 2.00 bits per heavy atom. The molecule has 0 aromatic carbocycles. The van der Waals surface area contributed by atoms with Gasteiger partial charge in [-0.05, 0) is 18.3 Å². The molecule has 0 amide bonds. The van der Waals surface area contributed by atoms with Gasteiger partial charge in [0.05, 0.1) is 5.84 Å². The summed E-state index contributed by atoms with van der Waals surface area (Å²) in [4.78, 5) is 2.23. The van der Waals surface area contributed by atoms with Gasteiger partial charge in [0.25, 0.3) is 0 Å². The fraction of sp³-hybridized carbons (Fsp3) is 0.900. The molecule has 0 aromatic heterocycles. The second-order valence-electron chi connectivity index (χ2n) is 4.89. The highest BCUT2D eigenvalue weighted by molar-refractivity contribution is 5.79. The first kappa shape index (κ1) is 9.56. The molecule has 0 bridgehead atoms. The van der Waals surface area contributed by atoms with Gasteiger partial charge in [0.15, 0.2) is 0 Å². The molecule has 0 radical (unpaired) electrons. The second-order valence-corrected chi connectivity index (χ2v) is 4.89. The fourth-order valence-corrected chi connectivity index (χ4v) is 1.64. The van der Waals surface area contributed by atoms with Crippen molar-refractivity contribution in [2.75, 3.05) is 13.1 Å². The standard InChI is InChI=1S/C10H20N2/c1-10(2,3)8-12-7-5-4-6-9(12)11/h11H,4-8H2,1-3H3. The minimum Gasteiger partial charge on any atom is -0.360 e. The van der Waals surface area contributed by atoms with Crippen LogP contribution in [0.1, 0.15) is 40.0 Å². The fourth-order valence-electron chi connectivity index (χ4n) is 1.64. The summed E-state index contributed by atoms with van der Waals surface area (Å²) in [7, 11) is 0. The van der Waals surface area contributed by atoms with Crippen LogP contribution in [0.3, 0.4) is 0 Å². The van der Waals surface area contributed by atoms with Crippen molar-refractivity contribution >= 4 is 5.84 Å². The van der Waals surface area contributed by atoms with Gasteiger partial charge in [-0.15, -0.1) is 0 Å². The van der Waals surface area contributed by atoms with Gasteiger partial charge >= 0.3 is 0 Å². The van der Waals surface area contributed by atoms with Gasteiger partial charge in [-0.25, -0.2) is 0 Å². The lowest BCUT2D eigenvalue weighted by Gasteiger charge is -2.34. The highest BCUT2D eigenvalue weighted by Crippen LogP contribution is 2.19. The number of hydrogen-bond acceptors (Lipinski definition) is 1. The number of rotatable bonds is 1. The summed E-state index contributed by atoms with van der Waals surface area (Å²) in [6.45, 7) is 8.82.